The van der Waals surface area contributed by atoms with Crippen molar-refractivity contribution in [2.24, 2.45) is 17.0 Å². The Balaban J connectivity index is 2.65. The third-order valence-electron chi connectivity index (χ3n) is 2.85. The lowest BCUT2D eigenvalue weighted by molar-refractivity contribution is -0.0574. The summed E-state index contributed by atoms with van der Waals surface area (Å²) in [5.74, 6) is 5.15. The molecule has 0 spiro atoms. The highest BCUT2D eigenvalue weighted by atomic mass is 16.6. The monoisotopic (exact) mass is 174 g/mol. The van der Waals surface area contributed by atoms with Crippen molar-refractivity contribution in [3.63, 3.8) is 0 Å². The Morgan fingerprint density at radius 1 is 1.42 bits per heavy atom. The second-order valence-electron chi connectivity index (χ2n) is 3.82. The summed E-state index contributed by atoms with van der Waals surface area (Å²) in [7, 11) is 0. The molecule has 5 N–H and O–H groups in total. The maximum atomic E-state index is 9.50. The Labute approximate surface area is 72.8 Å². The molecule has 12 heavy (non-hydrogen) atoms. The van der Waals surface area contributed by atoms with Crippen LogP contribution in [0, 0.1) is 5.41 Å². The molecule has 0 aromatic rings. The van der Waals surface area contributed by atoms with Crippen LogP contribution in [0.5, 0.6) is 0 Å². The second kappa shape index (κ2) is 3.30. The van der Waals surface area contributed by atoms with E-state index < -0.39 is 6.10 Å². The van der Waals surface area contributed by atoms with Crippen LogP contribution >= 0.6 is 0 Å². The third kappa shape index (κ3) is 1.47. The number of aliphatic hydroxyl groups excluding tert-OH is 1. The Bertz CT molecular complexity index is 155. The Hall–Kier alpha value is -0.160. The van der Waals surface area contributed by atoms with E-state index in [1.54, 1.807) is 6.92 Å². The fourth-order valence-corrected chi connectivity index (χ4v) is 1.87. The summed E-state index contributed by atoms with van der Waals surface area (Å²) < 4.78 is 0. The zero-order valence-corrected chi connectivity index (χ0v) is 7.66. The Morgan fingerprint density at radius 2 is 1.92 bits per heavy atom. The van der Waals surface area contributed by atoms with Crippen LogP contribution < -0.4 is 11.6 Å². The fourth-order valence-electron chi connectivity index (χ4n) is 1.87. The van der Waals surface area contributed by atoms with Gasteiger partial charge in [0.25, 0.3) is 0 Å². The molecule has 4 heteroatoms. The SMILES string of the molecule is CC(O)C1([C@H](ON)[C@@H](C)N)CC1. The minimum atomic E-state index is -0.392. The van der Waals surface area contributed by atoms with Crippen molar-refractivity contribution in [3.05, 3.63) is 0 Å². The number of rotatable bonds is 4. The lowest BCUT2D eigenvalue weighted by Crippen LogP contribution is -2.46. The molecular formula is C8H18N2O2. The number of hydrogen-bond acceptors (Lipinski definition) is 4. The molecule has 4 nitrogen and oxygen atoms in total. The summed E-state index contributed by atoms with van der Waals surface area (Å²) in [5, 5.41) is 9.50. The average molecular weight is 174 g/mol. The topological polar surface area (TPSA) is 81.5 Å². The molecule has 0 saturated heterocycles. The zero-order chi connectivity index (χ0) is 9.35. The van der Waals surface area contributed by atoms with Gasteiger partial charge < -0.3 is 10.8 Å². The van der Waals surface area contributed by atoms with Crippen LogP contribution in [0.2, 0.25) is 0 Å². The standard InChI is InChI=1S/C8H18N2O2/c1-5(9)7(12-10)8(3-4-8)6(2)11/h5-7,11H,3-4,9-10H2,1-2H3/t5-,6?,7-/m1/s1. The van der Waals surface area contributed by atoms with E-state index in [0.717, 1.165) is 12.8 Å². The van der Waals surface area contributed by atoms with Gasteiger partial charge in [0.05, 0.1) is 6.10 Å². The molecule has 1 aliphatic rings. The fraction of sp³-hybridized carbons (Fsp3) is 1.00. The predicted octanol–water partition coefficient (Wildman–Crippen LogP) is -0.246. The summed E-state index contributed by atoms with van der Waals surface area (Å²) in [6.45, 7) is 3.61. The molecule has 0 radical (unpaired) electrons. The zero-order valence-electron chi connectivity index (χ0n) is 7.66. The van der Waals surface area contributed by atoms with Crippen molar-refractivity contribution >= 4 is 0 Å². The first-order chi connectivity index (χ1) is 5.54. The van der Waals surface area contributed by atoms with E-state index in [4.69, 9.17) is 16.5 Å². The van der Waals surface area contributed by atoms with E-state index in [2.05, 4.69) is 0 Å². The molecule has 1 rings (SSSR count). The van der Waals surface area contributed by atoms with Gasteiger partial charge in [-0.1, -0.05) is 0 Å². The van der Waals surface area contributed by atoms with Gasteiger partial charge in [-0.25, -0.2) is 5.90 Å². The van der Waals surface area contributed by atoms with Crippen LogP contribution in [-0.2, 0) is 4.84 Å². The highest BCUT2D eigenvalue weighted by Crippen LogP contribution is 2.53. The lowest BCUT2D eigenvalue weighted by Gasteiger charge is -2.30. The van der Waals surface area contributed by atoms with E-state index in [1.807, 2.05) is 6.92 Å². The van der Waals surface area contributed by atoms with Crippen LogP contribution in [0.4, 0.5) is 0 Å². The van der Waals surface area contributed by atoms with Gasteiger partial charge in [-0.3, -0.25) is 4.84 Å². The first-order valence-corrected chi connectivity index (χ1v) is 4.34. The van der Waals surface area contributed by atoms with Crippen LogP contribution in [-0.4, -0.2) is 23.4 Å². The van der Waals surface area contributed by atoms with Crippen molar-refractivity contribution in [1.82, 2.24) is 0 Å². The summed E-state index contributed by atoms with van der Waals surface area (Å²) in [5.41, 5.74) is 5.52. The molecule has 0 amide bonds. The van der Waals surface area contributed by atoms with E-state index in [-0.39, 0.29) is 17.6 Å². The minimum Gasteiger partial charge on any atom is -0.393 e. The van der Waals surface area contributed by atoms with Gasteiger partial charge in [-0.2, -0.15) is 0 Å². The minimum absolute atomic E-state index is 0.132. The molecule has 1 aliphatic carbocycles. The van der Waals surface area contributed by atoms with Gasteiger partial charge in [0, 0.05) is 11.5 Å². The predicted molar refractivity (Wildman–Crippen MR) is 46.1 cm³/mol. The molecule has 3 atom stereocenters. The molecule has 0 heterocycles. The highest BCUT2D eigenvalue weighted by Gasteiger charge is 2.55. The van der Waals surface area contributed by atoms with Crippen LogP contribution in [0.1, 0.15) is 26.7 Å². The highest BCUT2D eigenvalue weighted by molar-refractivity contribution is 5.05. The van der Waals surface area contributed by atoms with Crippen molar-refractivity contribution in [2.45, 2.75) is 44.9 Å². The van der Waals surface area contributed by atoms with Gasteiger partial charge in [0.15, 0.2) is 0 Å². The van der Waals surface area contributed by atoms with E-state index >= 15 is 0 Å². The summed E-state index contributed by atoms with van der Waals surface area (Å²) in [6.07, 6.45) is 1.29. The summed E-state index contributed by atoms with van der Waals surface area (Å²) in [6, 6.07) is -0.132. The van der Waals surface area contributed by atoms with Gasteiger partial charge in [-0.05, 0) is 26.7 Å². The first-order valence-electron chi connectivity index (χ1n) is 4.34. The third-order valence-corrected chi connectivity index (χ3v) is 2.85. The molecule has 0 aliphatic heterocycles. The maximum Gasteiger partial charge on any atom is 0.102 e. The largest absolute Gasteiger partial charge is 0.393 e. The molecule has 72 valence electrons. The van der Waals surface area contributed by atoms with Crippen LogP contribution in [0.25, 0.3) is 0 Å². The van der Waals surface area contributed by atoms with Crippen molar-refractivity contribution in [3.8, 4) is 0 Å². The van der Waals surface area contributed by atoms with Crippen LogP contribution in [0.15, 0.2) is 0 Å². The maximum absolute atomic E-state index is 9.50. The Kier molecular flexibility index (Phi) is 2.73. The van der Waals surface area contributed by atoms with Gasteiger partial charge in [-0.15, -0.1) is 0 Å². The quantitative estimate of drug-likeness (QED) is 0.513. The van der Waals surface area contributed by atoms with Crippen molar-refractivity contribution in [2.75, 3.05) is 0 Å². The van der Waals surface area contributed by atoms with Crippen molar-refractivity contribution in [1.29, 1.82) is 0 Å². The number of aliphatic hydroxyl groups is 1. The van der Waals surface area contributed by atoms with E-state index in [1.165, 1.54) is 0 Å². The molecule has 1 unspecified atom stereocenters. The van der Waals surface area contributed by atoms with Crippen LogP contribution in [0.3, 0.4) is 0 Å². The summed E-state index contributed by atoms with van der Waals surface area (Å²) in [4.78, 5) is 4.82. The summed E-state index contributed by atoms with van der Waals surface area (Å²) >= 11 is 0. The molecule has 1 saturated carbocycles. The lowest BCUT2D eigenvalue weighted by atomic mass is 9.89. The van der Waals surface area contributed by atoms with Gasteiger partial charge >= 0.3 is 0 Å². The van der Waals surface area contributed by atoms with E-state index in [0.29, 0.717) is 0 Å². The molecule has 1 fully saturated rings. The second-order valence-corrected chi connectivity index (χ2v) is 3.82. The molecular weight excluding hydrogens is 156 g/mol. The van der Waals surface area contributed by atoms with Gasteiger partial charge in [0.1, 0.15) is 6.10 Å². The number of nitrogens with two attached hydrogens (primary N) is 2. The molecule has 0 bridgehead atoms. The normalized spacial score (nSPS) is 27.8. The smallest absolute Gasteiger partial charge is 0.102 e. The van der Waals surface area contributed by atoms with Crippen molar-refractivity contribution < 1.29 is 9.94 Å². The number of hydrogen-bond donors (Lipinski definition) is 3. The molecule has 0 aromatic heterocycles. The molecule has 0 aromatic carbocycles. The van der Waals surface area contributed by atoms with Gasteiger partial charge in [0.2, 0.25) is 0 Å². The van der Waals surface area contributed by atoms with E-state index in [9.17, 15) is 5.11 Å². The Morgan fingerprint density at radius 3 is 2.00 bits per heavy atom. The first kappa shape index (κ1) is 9.92. The average Bonchev–Trinajstić information content (AvgIpc) is 2.69.